The number of sulfonamides is 1. The number of rotatable bonds is 11. The molecule has 200 valence electrons. The minimum atomic E-state index is -3.58. The van der Waals surface area contributed by atoms with E-state index < -0.39 is 33.3 Å². The van der Waals surface area contributed by atoms with Crippen molar-refractivity contribution in [2.75, 3.05) is 42.5 Å². The normalized spacial score (nSPS) is 14.6. The molecule has 37 heavy (non-hydrogen) atoms. The third kappa shape index (κ3) is 6.25. The summed E-state index contributed by atoms with van der Waals surface area (Å²) >= 11 is 0. The molecule has 2 aromatic rings. The summed E-state index contributed by atoms with van der Waals surface area (Å²) in [5, 5.41) is 5.34. The van der Waals surface area contributed by atoms with Crippen LogP contribution in [0.3, 0.4) is 0 Å². The van der Waals surface area contributed by atoms with Gasteiger partial charge in [-0.1, -0.05) is 20.4 Å². The molecule has 9 nitrogen and oxygen atoms in total. The van der Waals surface area contributed by atoms with Gasteiger partial charge in [-0.3, -0.25) is 14.3 Å². The number of hydrogen-bond acceptors (Lipinski definition) is 5. The number of nitrogens with one attached hydrogen (secondary N) is 4. The number of aryl methyl sites for hydroxylation is 1. The quantitative estimate of drug-likeness (QED) is 0.259. The lowest BCUT2D eigenvalue weighted by molar-refractivity contribution is -0.110. The van der Waals surface area contributed by atoms with Gasteiger partial charge in [0.15, 0.2) is 0 Å². The molecule has 0 saturated carbocycles. The largest absolute Gasteiger partial charge is 0.358 e. The zero-order valence-electron chi connectivity index (χ0n) is 21.2. The second-order valence-corrected chi connectivity index (χ2v) is 10.4. The smallest absolute Gasteiger partial charge is 0.294 e. The maximum absolute atomic E-state index is 15.1. The number of halogens is 2. The zero-order chi connectivity index (χ0) is 27.5. The Labute approximate surface area is 215 Å². The van der Waals surface area contributed by atoms with Gasteiger partial charge < -0.3 is 20.5 Å². The number of alkyl halides is 2. The number of hydrogen-bond donors (Lipinski definition) is 4. The maximum atomic E-state index is 15.1. The summed E-state index contributed by atoms with van der Waals surface area (Å²) in [6.07, 6.45) is 2.67. The average Bonchev–Trinajstić information content (AvgIpc) is 3.32. The molecule has 1 aliphatic rings. The summed E-state index contributed by atoms with van der Waals surface area (Å²) in [7, 11) is -3.58. The molecule has 0 saturated heterocycles. The highest BCUT2D eigenvalue weighted by molar-refractivity contribution is 7.92. The molecule has 1 aliphatic heterocycles. The highest BCUT2D eigenvalue weighted by Crippen LogP contribution is 2.40. The van der Waals surface area contributed by atoms with E-state index in [-0.39, 0.29) is 34.8 Å². The number of nitrogens with zero attached hydrogens (tertiary/aromatic N) is 1. The van der Waals surface area contributed by atoms with Crippen LogP contribution in [0.1, 0.15) is 46.7 Å². The standard InChI is InChI=1S/C25H31F2N5O4S/c1-6-25(26,27)22-20(29-15(4)21(22)24(34)28-11-12-32(7-2)8-3)14-18-17-13-16(31-37(5,35)36)9-10-19(17)30-23(18)33/h6,9-10,13-14,29,31H,1,7-8,11-12H2,2-5H3,(H,28,34)(H,30,33)/b18-14-. The number of anilines is 2. The van der Waals surface area contributed by atoms with Crippen molar-refractivity contribution in [1.29, 1.82) is 0 Å². The highest BCUT2D eigenvalue weighted by atomic mass is 32.2. The van der Waals surface area contributed by atoms with Crippen molar-refractivity contribution in [2.45, 2.75) is 26.7 Å². The Balaban J connectivity index is 2.06. The average molecular weight is 536 g/mol. The van der Waals surface area contributed by atoms with Gasteiger partial charge in [-0.15, -0.1) is 0 Å². The lowest BCUT2D eigenvalue weighted by Gasteiger charge is -2.19. The number of likely N-dealkylation sites (N-methyl/N-ethyl adjacent to an activating group) is 1. The molecule has 1 aromatic heterocycles. The first-order valence-corrected chi connectivity index (χ1v) is 13.6. The van der Waals surface area contributed by atoms with Crippen LogP contribution in [0.25, 0.3) is 11.6 Å². The van der Waals surface area contributed by atoms with E-state index >= 15 is 8.78 Å². The summed E-state index contributed by atoms with van der Waals surface area (Å²) in [6.45, 7) is 11.1. The topological polar surface area (TPSA) is 123 Å². The van der Waals surface area contributed by atoms with E-state index in [0.717, 1.165) is 19.3 Å². The molecule has 4 N–H and O–H groups in total. The number of benzene rings is 1. The van der Waals surface area contributed by atoms with Crippen LogP contribution < -0.4 is 15.4 Å². The van der Waals surface area contributed by atoms with Crippen molar-refractivity contribution < 1.29 is 26.8 Å². The van der Waals surface area contributed by atoms with Gasteiger partial charge in [0.05, 0.1) is 23.0 Å². The van der Waals surface area contributed by atoms with Crippen molar-refractivity contribution >= 4 is 44.9 Å². The van der Waals surface area contributed by atoms with Gasteiger partial charge >= 0.3 is 0 Å². The molecule has 0 aliphatic carbocycles. The molecule has 2 heterocycles. The summed E-state index contributed by atoms with van der Waals surface area (Å²) in [5.41, 5.74) is 0.209. The Morgan fingerprint density at radius 3 is 2.51 bits per heavy atom. The van der Waals surface area contributed by atoms with Gasteiger partial charge in [0.1, 0.15) is 0 Å². The molecule has 0 fully saturated rings. The van der Waals surface area contributed by atoms with Crippen LogP contribution in [-0.4, -0.2) is 62.6 Å². The van der Waals surface area contributed by atoms with Crippen LogP contribution in [0.4, 0.5) is 20.2 Å². The molecule has 3 rings (SSSR count). The van der Waals surface area contributed by atoms with Crippen molar-refractivity contribution in [3.8, 4) is 0 Å². The Bertz CT molecular complexity index is 1360. The molecule has 0 bridgehead atoms. The number of fused-ring (bicyclic) bond motifs is 1. The lowest BCUT2D eigenvalue weighted by Crippen LogP contribution is -2.35. The zero-order valence-corrected chi connectivity index (χ0v) is 22.0. The van der Waals surface area contributed by atoms with E-state index in [2.05, 4.69) is 31.8 Å². The van der Waals surface area contributed by atoms with E-state index in [9.17, 15) is 18.0 Å². The molecular weight excluding hydrogens is 504 g/mol. The fourth-order valence-corrected chi connectivity index (χ4v) is 4.75. The van der Waals surface area contributed by atoms with Crippen LogP contribution in [-0.2, 0) is 20.7 Å². The molecular formula is C25H31F2N5O4S. The number of carbonyl (C=O) groups is 2. The first-order chi connectivity index (χ1) is 17.3. The van der Waals surface area contributed by atoms with Gasteiger partial charge in [0.25, 0.3) is 17.7 Å². The molecule has 2 amide bonds. The van der Waals surface area contributed by atoms with Crippen LogP contribution >= 0.6 is 0 Å². The van der Waals surface area contributed by atoms with E-state index in [4.69, 9.17) is 0 Å². The highest BCUT2D eigenvalue weighted by Gasteiger charge is 2.38. The molecule has 0 radical (unpaired) electrons. The fraction of sp³-hybridized carbons (Fsp3) is 0.360. The third-order valence-electron chi connectivity index (χ3n) is 6.04. The van der Waals surface area contributed by atoms with Crippen molar-refractivity contribution in [2.24, 2.45) is 0 Å². The monoisotopic (exact) mass is 535 g/mol. The first-order valence-electron chi connectivity index (χ1n) is 11.7. The van der Waals surface area contributed by atoms with Crippen molar-refractivity contribution in [3.63, 3.8) is 0 Å². The van der Waals surface area contributed by atoms with Gasteiger partial charge in [-0.25, -0.2) is 8.42 Å². The Kier molecular flexibility index (Phi) is 8.23. The Morgan fingerprint density at radius 1 is 1.24 bits per heavy atom. The number of allylic oxidation sites excluding steroid dienone is 1. The van der Waals surface area contributed by atoms with Gasteiger partial charge in [0.2, 0.25) is 10.0 Å². The number of amides is 2. The second-order valence-electron chi connectivity index (χ2n) is 8.67. The fourth-order valence-electron chi connectivity index (χ4n) is 4.20. The van der Waals surface area contributed by atoms with E-state index in [1.165, 1.54) is 31.2 Å². The number of aromatic nitrogens is 1. The van der Waals surface area contributed by atoms with Crippen molar-refractivity contribution in [1.82, 2.24) is 15.2 Å². The van der Waals surface area contributed by atoms with Gasteiger partial charge in [-0.05, 0) is 50.4 Å². The molecule has 0 spiro atoms. The second kappa shape index (κ2) is 10.9. The van der Waals surface area contributed by atoms with Crippen LogP contribution in [0.2, 0.25) is 0 Å². The summed E-state index contributed by atoms with van der Waals surface area (Å²) in [5.74, 6) is -4.81. The van der Waals surface area contributed by atoms with E-state index in [1.807, 2.05) is 13.8 Å². The number of H-pyrrole nitrogens is 1. The van der Waals surface area contributed by atoms with Crippen LogP contribution in [0.15, 0.2) is 30.9 Å². The van der Waals surface area contributed by atoms with Crippen LogP contribution in [0.5, 0.6) is 0 Å². The summed E-state index contributed by atoms with van der Waals surface area (Å²) in [6, 6.07) is 4.41. The predicted molar refractivity (Wildman–Crippen MR) is 141 cm³/mol. The minimum Gasteiger partial charge on any atom is -0.358 e. The summed E-state index contributed by atoms with van der Waals surface area (Å²) < 4.78 is 55.8. The number of carbonyl (C=O) groups excluding carboxylic acids is 2. The van der Waals surface area contributed by atoms with Crippen molar-refractivity contribution in [3.05, 3.63) is 58.9 Å². The number of aromatic amines is 1. The SMILES string of the molecule is C=CC(F)(F)c1c(/C=C2\C(=O)Nc3ccc(NS(C)(=O)=O)cc32)[nH]c(C)c1C(=O)NCCN(CC)CC. The minimum absolute atomic E-state index is 0.0306. The Hall–Kier alpha value is -3.51. The molecule has 12 heteroatoms. The van der Waals surface area contributed by atoms with E-state index in [0.29, 0.717) is 23.9 Å². The maximum Gasteiger partial charge on any atom is 0.294 e. The third-order valence-corrected chi connectivity index (χ3v) is 6.64. The predicted octanol–water partition coefficient (Wildman–Crippen LogP) is 3.54. The van der Waals surface area contributed by atoms with Gasteiger partial charge in [0, 0.05) is 41.4 Å². The lowest BCUT2D eigenvalue weighted by atomic mass is 9.98. The van der Waals surface area contributed by atoms with Gasteiger partial charge in [-0.2, -0.15) is 8.78 Å². The summed E-state index contributed by atoms with van der Waals surface area (Å²) in [4.78, 5) is 30.6. The molecule has 0 unspecified atom stereocenters. The molecule has 1 aromatic carbocycles. The molecule has 0 atom stereocenters. The first kappa shape index (κ1) is 28.1. The van der Waals surface area contributed by atoms with Crippen LogP contribution in [0, 0.1) is 6.92 Å². The Morgan fingerprint density at radius 2 is 1.92 bits per heavy atom. The van der Waals surface area contributed by atoms with E-state index in [1.54, 1.807) is 0 Å².